The normalized spacial score (nSPS) is 16.4. The van der Waals surface area contributed by atoms with Crippen LogP contribution in [0.5, 0.6) is 0 Å². The number of benzene rings is 2. The van der Waals surface area contributed by atoms with Crippen molar-refractivity contribution in [2.45, 2.75) is 62.4 Å². The van der Waals surface area contributed by atoms with Crippen molar-refractivity contribution in [2.24, 2.45) is 0 Å². The highest BCUT2D eigenvalue weighted by atomic mass is 32.2. The summed E-state index contributed by atoms with van der Waals surface area (Å²) in [6.45, 7) is 1.85. The molecule has 0 bridgehead atoms. The number of halogens is 1. The molecule has 2 atom stereocenters. The molecule has 0 spiro atoms. The summed E-state index contributed by atoms with van der Waals surface area (Å²) in [6.07, 6.45) is 5.53. The van der Waals surface area contributed by atoms with E-state index in [1.54, 1.807) is 17.8 Å². The van der Waals surface area contributed by atoms with Gasteiger partial charge in [-0.3, -0.25) is 4.79 Å². The zero-order valence-electron chi connectivity index (χ0n) is 18.9. The van der Waals surface area contributed by atoms with Gasteiger partial charge in [0.15, 0.2) is 0 Å². The minimum Gasteiger partial charge on any atom is -0.480 e. The lowest BCUT2D eigenvalue weighted by molar-refractivity contribution is -0.141. The van der Waals surface area contributed by atoms with Crippen molar-refractivity contribution in [2.75, 3.05) is 6.26 Å². The van der Waals surface area contributed by atoms with Crippen LogP contribution in [0, 0.1) is 5.82 Å². The number of carboxylic acids is 1. The number of aromatic nitrogens is 1. The van der Waals surface area contributed by atoms with Crippen molar-refractivity contribution in [3.63, 3.8) is 0 Å². The van der Waals surface area contributed by atoms with E-state index in [2.05, 4.69) is 29.6 Å². The quantitative estimate of drug-likeness (QED) is 0.449. The van der Waals surface area contributed by atoms with Gasteiger partial charge < -0.3 is 15.0 Å². The topological polar surface area (TPSA) is 71.3 Å². The van der Waals surface area contributed by atoms with Gasteiger partial charge in [-0.05, 0) is 79.8 Å². The second-order valence-corrected chi connectivity index (χ2v) is 9.45. The van der Waals surface area contributed by atoms with Gasteiger partial charge in [0, 0.05) is 34.0 Å². The first-order chi connectivity index (χ1) is 15.9. The molecule has 2 aromatic carbocycles. The molecule has 0 radical (unpaired) electrons. The number of fused-ring (bicyclic) bond motifs is 3. The number of carboxylic acid groups (broad SMARTS) is 1. The van der Waals surface area contributed by atoms with Crippen molar-refractivity contribution >= 4 is 34.5 Å². The molecule has 1 aliphatic carbocycles. The van der Waals surface area contributed by atoms with Crippen LogP contribution < -0.4 is 5.32 Å². The molecule has 33 heavy (non-hydrogen) atoms. The van der Waals surface area contributed by atoms with Crippen LogP contribution in [-0.2, 0) is 28.9 Å². The second kappa shape index (κ2) is 10.00. The molecule has 1 aliphatic rings. The summed E-state index contributed by atoms with van der Waals surface area (Å²) in [7, 11) is 0. The molecule has 1 aromatic heterocycles. The summed E-state index contributed by atoms with van der Waals surface area (Å²) < 4.78 is 15.9. The van der Waals surface area contributed by atoms with Gasteiger partial charge in [-0.2, -0.15) is 0 Å². The first-order valence-corrected chi connectivity index (χ1v) is 12.6. The summed E-state index contributed by atoms with van der Waals surface area (Å²) in [5.41, 5.74) is 3.78. The second-order valence-electron chi connectivity index (χ2n) is 8.57. The Bertz CT molecular complexity index is 1170. The first kappa shape index (κ1) is 23.4. The summed E-state index contributed by atoms with van der Waals surface area (Å²) in [4.78, 5) is 25.7. The third-order valence-electron chi connectivity index (χ3n) is 6.51. The monoisotopic (exact) mass is 468 g/mol. The van der Waals surface area contributed by atoms with Crippen LogP contribution in [-0.4, -0.2) is 33.8 Å². The van der Waals surface area contributed by atoms with Gasteiger partial charge in [-0.25, -0.2) is 9.18 Å². The van der Waals surface area contributed by atoms with Gasteiger partial charge in [-0.1, -0.05) is 19.1 Å². The van der Waals surface area contributed by atoms with E-state index in [1.807, 2.05) is 17.7 Å². The number of nitrogens with zero attached hydrogens (tertiary/aromatic N) is 1. The number of hydrogen-bond donors (Lipinski definition) is 2. The summed E-state index contributed by atoms with van der Waals surface area (Å²) in [6, 6.07) is 12.0. The minimum absolute atomic E-state index is 0.00397. The Morgan fingerprint density at radius 2 is 2.00 bits per heavy atom. The fourth-order valence-corrected chi connectivity index (χ4v) is 5.27. The van der Waals surface area contributed by atoms with E-state index in [-0.39, 0.29) is 17.8 Å². The minimum atomic E-state index is -0.887. The summed E-state index contributed by atoms with van der Waals surface area (Å²) >= 11 is 1.69. The average molecular weight is 469 g/mol. The van der Waals surface area contributed by atoms with Crippen LogP contribution in [0.4, 0.5) is 4.39 Å². The molecule has 4 rings (SSSR count). The van der Waals surface area contributed by atoms with E-state index in [1.165, 1.54) is 17.0 Å². The number of thioether (sulfide) groups is 1. The van der Waals surface area contributed by atoms with E-state index in [9.17, 15) is 19.1 Å². The van der Waals surface area contributed by atoms with Gasteiger partial charge in [0.1, 0.15) is 11.9 Å². The SMILES string of the molecule is CCC(C(=O)O)n1c2c(c3cc(F)ccc31)CC(NC(=O)CCc1ccc(SC)cc1)CC2. The van der Waals surface area contributed by atoms with E-state index in [0.717, 1.165) is 34.1 Å². The van der Waals surface area contributed by atoms with Crippen LogP contribution in [0.15, 0.2) is 47.4 Å². The van der Waals surface area contributed by atoms with Crippen molar-refractivity contribution in [1.82, 2.24) is 9.88 Å². The predicted octanol–water partition coefficient (Wildman–Crippen LogP) is 5.14. The lowest BCUT2D eigenvalue weighted by Crippen LogP contribution is -2.39. The maximum absolute atomic E-state index is 14.1. The van der Waals surface area contributed by atoms with E-state index < -0.39 is 12.0 Å². The highest BCUT2D eigenvalue weighted by Gasteiger charge is 2.30. The largest absolute Gasteiger partial charge is 0.480 e. The van der Waals surface area contributed by atoms with E-state index >= 15 is 0 Å². The van der Waals surface area contributed by atoms with Gasteiger partial charge in [0.2, 0.25) is 5.91 Å². The van der Waals surface area contributed by atoms with Crippen molar-refractivity contribution in [3.05, 3.63) is 65.1 Å². The smallest absolute Gasteiger partial charge is 0.326 e. The third kappa shape index (κ3) is 4.93. The molecule has 1 amide bonds. The third-order valence-corrected chi connectivity index (χ3v) is 7.25. The fourth-order valence-electron chi connectivity index (χ4n) is 4.86. The fraction of sp³-hybridized carbons (Fsp3) is 0.385. The molecule has 5 nitrogen and oxygen atoms in total. The van der Waals surface area contributed by atoms with E-state index in [4.69, 9.17) is 0 Å². The van der Waals surface area contributed by atoms with Crippen LogP contribution >= 0.6 is 11.8 Å². The number of carbonyl (C=O) groups excluding carboxylic acids is 1. The summed E-state index contributed by atoms with van der Waals surface area (Å²) in [5.74, 6) is -1.23. The Morgan fingerprint density at radius 3 is 2.67 bits per heavy atom. The number of aryl methyl sites for hydroxylation is 1. The van der Waals surface area contributed by atoms with E-state index in [0.29, 0.717) is 32.1 Å². The van der Waals surface area contributed by atoms with Crippen molar-refractivity contribution < 1.29 is 19.1 Å². The molecule has 3 aromatic rings. The lowest BCUT2D eigenvalue weighted by atomic mass is 9.91. The van der Waals surface area contributed by atoms with Crippen LogP contribution in [0.2, 0.25) is 0 Å². The Kier molecular flexibility index (Phi) is 7.08. The molecule has 7 heteroatoms. The van der Waals surface area contributed by atoms with Crippen molar-refractivity contribution in [3.8, 4) is 0 Å². The maximum atomic E-state index is 14.1. The predicted molar refractivity (Wildman–Crippen MR) is 129 cm³/mol. The Morgan fingerprint density at radius 1 is 1.24 bits per heavy atom. The number of carbonyl (C=O) groups is 2. The number of rotatable bonds is 8. The zero-order valence-corrected chi connectivity index (χ0v) is 19.8. The highest BCUT2D eigenvalue weighted by Crippen LogP contribution is 2.36. The Balaban J connectivity index is 1.50. The van der Waals surface area contributed by atoms with Crippen LogP contribution in [0.25, 0.3) is 10.9 Å². The Labute approximate surface area is 197 Å². The molecular weight excluding hydrogens is 439 g/mol. The highest BCUT2D eigenvalue weighted by molar-refractivity contribution is 7.98. The van der Waals surface area contributed by atoms with Crippen molar-refractivity contribution in [1.29, 1.82) is 0 Å². The molecule has 0 fully saturated rings. The average Bonchev–Trinajstić information content (AvgIpc) is 3.11. The molecule has 0 aliphatic heterocycles. The van der Waals surface area contributed by atoms with Gasteiger partial charge in [0.25, 0.3) is 0 Å². The number of aliphatic carboxylic acids is 1. The maximum Gasteiger partial charge on any atom is 0.326 e. The first-order valence-electron chi connectivity index (χ1n) is 11.4. The molecule has 2 unspecified atom stereocenters. The van der Waals surface area contributed by atoms with Gasteiger partial charge >= 0.3 is 5.97 Å². The molecular formula is C26H29FN2O3S. The molecule has 174 valence electrons. The molecule has 0 saturated heterocycles. The molecule has 0 saturated carbocycles. The molecule has 2 N–H and O–H groups in total. The standard InChI is InChI=1S/C26H29FN2O3S/c1-3-22(26(31)32)29-23-11-7-17(27)14-20(23)21-15-18(8-12-24(21)29)28-25(30)13-6-16-4-9-19(33-2)10-5-16/h4-5,7,9-11,14,18,22H,3,6,8,12-13,15H2,1-2H3,(H,28,30)(H,31,32). The van der Waals surface area contributed by atoms with Gasteiger partial charge in [-0.15, -0.1) is 11.8 Å². The summed E-state index contributed by atoms with van der Waals surface area (Å²) in [5, 5.41) is 13.7. The number of amides is 1. The van der Waals surface area contributed by atoms with Crippen LogP contribution in [0.3, 0.4) is 0 Å². The van der Waals surface area contributed by atoms with Crippen LogP contribution in [0.1, 0.15) is 49.0 Å². The number of nitrogens with one attached hydrogen (secondary N) is 1. The van der Waals surface area contributed by atoms with Gasteiger partial charge in [0.05, 0.1) is 0 Å². The molecule has 1 heterocycles. The zero-order chi connectivity index (χ0) is 23.5. The Hall–Kier alpha value is -2.80. The lowest BCUT2D eigenvalue weighted by Gasteiger charge is -2.26. The number of hydrogen-bond acceptors (Lipinski definition) is 3.